The number of aromatic nitrogens is 1. The lowest BCUT2D eigenvalue weighted by Gasteiger charge is -2.25. The topological polar surface area (TPSA) is 82.6 Å². The molecule has 1 aliphatic rings. The van der Waals surface area contributed by atoms with Crippen LogP contribution in [0.25, 0.3) is 16.7 Å². The van der Waals surface area contributed by atoms with E-state index in [1.807, 2.05) is 31.2 Å². The van der Waals surface area contributed by atoms with Gasteiger partial charge in [0.05, 0.1) is 28.3 Å². The molecule has 0 spiro atoms. The van der Waals surface area contributed by atoms with E-state index in [1.165, 1.54) is 24.1 Å². The molecule has 160 valence electrons. The summed E-state index contributed by atoms with van der Waals surface area (Å²) in [5.74, 6) is -1.74. The molecule has 2 heterocycles. The van der Waals surface area contributed by atoms with Crippen molar-refractivity contribution < 1.29 is 19.4 Å². The van der Waals surface area contributed by atoms with E-state index in [1.54, 1.807) is 6.07 Å². The van der Waals surface area contributed by atoms with Gasteiger partial charge in [-0.3, -0.25) is 9.59 Å². The number of ether oxygens (including phenoxy) is 1. The molecule has 0 saturated carbocycles. The Balaban J connectivity index is 1.97. The zero-order chi connectivity index (χ0) is 22.3. The first kappa shape index (κ1) is 21.4. The van der Waals surface area contributed by atoms with Crippen LogP contribution < -0.4 is 0 Å². The first-order valence-corrected chi connectivity index (χ1v) is 10.4. The number of aromatic amines is 1. The van der Waals surface area contributed by atoms with Gasteiger partial charge in [-0.05, 0) is 31.2 Å². The Hall–Kier alpha value is -2.80. The maximum absolute atomic E-state index is 13.1. The lowest BCUT2D eigenvalue weighted by molar-refractivity contribution is -0.140. The highest BCUT2D eigenvalue weighted by Crippen LogP contribution is 2.43. The summed E-state index contributed by atoms with van der Waals surface area (Å²) in [5.41, 5.74) is 2.75. The Labute approximate surface area is 189 Å². The van der Waals surface area contributed by atoms with Gasteiger partial charge in [0.2, 0.25) is 0 Å². The number of likely N-dealkylation sites (tertiary alicyclic amines) is 1. The number of fused-ring (bicyclic) bond motifs is 1. The summed E-state index contributed by atoms with van der Waals surface area (Å²) >= 11 is 12.1. The molecule has 8 heteroatoms. The SMILES string of the molecule is COCCN1C(=O)C(=O)/C(=C(/O)c2ccc(Cl)c(Cl)c2)C1c1c(C)[nH]c2ccccc12. The normalized spacial score (nSPS) is 18.3. The number of nitrogens with zero attached hydrogens (tertiary/aromatic N) is 1. The minimum atomic E-state index is -0.777. The number of ketones is 1. The molecule has 3 aromatic rings. The second-order valence-corrected chi connectivity index (χ2v) is 8.14. The average Bonchev–Trinajstić information content (AvgIpc) is 3.20. The Bertz CT molecular complexity index is 1230. The summed E-state index contributed by atoms with van der Waals surface area (Å²) < 4.78 is 5.16. The van der Waals surface area contributed by atoms with E-state index in [9.17, 15) is 14.7 Å². The third-order valence-corrected chi connectivity index (χ3v) is 6.23. The Morgan fingerprint density at radius 3 is 2.61 bits per heavy atom. The van der Waals surface area contributed by atoms with Crippen molar-refractivity contribution in [3.8, 4) is 0 Å². The maximum Gasteiger partial charge on any atom is 0.295 e. The highest BCUT2D eigenvalue weighted by atomic mass is 35.5. The molecule has 1 saturated heterocycles. The number of hydrogen-bond donors (Lipinski definition) is 2. The van der Waals surface area contributed by atoms with Gasteiger partial charge in [0.1, 0.15) is 5.76 Å². The molecule has 31 heavy (non-hydrogen) atoms. The monoisotopic (exact) mass is 458 g/mol. The number of H-pyrrole nitrogens is 1. The van der Waals surface area contributed by atoms with Crippen molar-refractivity contribution in [2.24, 2.45) is 0 Å². The van der Waals surface area contributed by atoms with Gasteiger partial charge in [-0.15, -0.1) is 0 Å². The Morgan fingerprint density at radius 1 is 1.16 bits per heavy atom. The van der Waals surface area contributed by atoms with E-state index < -0.39 is 17.7 Å². The number of amides is 1. The number of nitrogens with one attached hydrogen (secondary N) is 1. The molecule has 0 aliphatic carbocycles. The smallest absolute Gasteiger partial charge is 0.295 e. The van der Waals surface area contributed by atoms with Gasteiger partial charge >= 0.3 is 0 Å². The molecule has 0 bridgehead atoms. The van der Waals surface area contributed by atoms with Crippen LogP contribution >= 0.6 is 23.2 Å². The fraction of sp³-hybridized carbons (Fsp3) is 0.217. The van der Waals surface area contributed by atoms with Gasteiger partial charge in [0.25, 0.3) is 11.7 Å². The van der Waals surface area contributed by atoms with Crippen molar-refractivity contribution in [1.29, 1.82) is 0 Å². The highest BCUT2D eigenvalue weighted by Gasteiger charge is 2.47. The van der Waals surface area contributed by atoms with Crippen molar-refractivity contribution in [2.75, 3.05) is 20.3 Å². The van der Waals surface area contributed by atoms with Crippen LogP contribution in [0.1, 0.15) is 22.9 Å². The van der Waals surface area contributed by atoms with E-state index >= 15 is 0 Å². The summed E-state index contributed by atoms with van der Waals surface area (Å²) in [4.78, 5) is 30.8. The molecule has 1 unspecified atom stereocenters. The van der Waals surface area contributed by atoms with Crippen LogP contribution in [-0.4, -0.2) is 46.9 Å². The van der Waals surface area contributed by atoms with E-state index in [0.717, 1.165) is 22.2 Å². The summed E-state index contributed by atoms with van der Waals surface area (Å²) in [6, 6.07) is 11.4. The van der Waals surface area contributed by atoms with Gasteiger partial charge < -0.3 is 19.7 Å². The van der Waals surface area contributed by atoms with Crippen LogP contribution in [0.2, 0.25) is 10.0 Å². The third-order valence-electron chi connectivity index (χ3n) is 5.49. The van der Waals surface area contributed by atoms with E-state index in [-0.39, 0.29) is 29.5 Å². The molecule has 0 radical (unpaired) electrons. The fourth-order valence-electron chi connectivity index (χ4n) is 4.05. The molecule has 1 aromatic heterocycles. The number of carbonyl (C=O) groups excluding carboxylic acids is 2. The van der Waals surface area contributed by atoms with Gasteiger partial charge in [-0.1, -0.05) is 41.4 Å². The second-order valence-electron chi connectivity index (χ2n) is 7.32. The van der Waals surface area contributed by atoms with E-state index in [4.69, 9.17) is 27.9 Å². The van der Waals surface area contributed by atoms with E-state index in [0.29, 0.717) is 10.6 Å². The lowest BCUT2D eigenvalue weighted by Crippen LogP contribution is -2.32. The maximum atomic E-state index is 13.1. The van der Waals surface area contributed by atoms with E-state index in [2.05, 4.69) is 4.98 Å². The number of halogens is 2. The number of hydrogen-bond acceptors (Lipinski definition) is 4. The van der Waals surface area contributed by atoms with Crippen molar-refractivity contribution in [3.63, 3.8) is 0 Å². The average molecular weight is 459 g/mol. The predicted molar refractivity (Wildman–Crippen MR) is 120 cm³/mol. The van der Waals surface area contributed by atoms with Crippen molar-refractivity contribution in [2.45, 2.75) is 13.0 Å². The summed E-state index contributed by atoms with van der Waals surface area (Å²) in [6.45, 7) is 2.32. The summed E-state index contributed by atoms with van der Waals surface area (Å²) in [7, 11) is 1.53. The predicted octanol–water partition coefficient (Wildman–Crippen LogP) is 4.85. The minimum absolute atomic E-state index is 0.00680. The number of aliphatic hydroxyl groups excluding tert-OH is 1. The van der Waals surface area contributed by atoms with Gasteiger partial charge in [0.15, 0.2) is 0 Å². The molecular weight excluding hydrogens is 439 g/mol. The minimum Gasteiger partial charge on any atom is -0.507 e. The third kappa shape index (κ3) is 3.61. The molecule has 6 nitrogen and oxygen atoms in total. The number of aryl methyl sites for hydroxylation is 1. The van der Waals surface area contributed by atoms with Gasteiger partial charge in [-0.2, -0.15) is 0 Å². The first-order valence-electron chi connectivity index (χ1n) is 9.65. The number of Topliss-reactive ketones (excluding diaryl/α,β-unsaturated/α-hetero) is 1. The number of carbonyl (C=O) groups is 2. The molecule has 2 N–H and O–H groups in total. The quantitative estimate of drug-likeness (QED) is 0.325. The van der Waals surface area contributed by atoms with Crippen LogP contribution in [0.4, 0.5) is 0 Å². The molecule has 1 amide bonds. The van der Waals surface area contributed by atoms with Crippen molar-refractivity contribution in [1.82, 2.24) is 9.88 Å². The zero-order valence-electron chi connectivity index (χ0n) is 16.9. The van der Waals surface area contributed by atoms with Crippen molar-refractivity contribution in [3.05, 3.63) is 74.9 Å². The molecule has 1 atom stereocenters. The zero-order valence-corrected chi connectivity index (χ0v) is 18.4. The number of rotatable bonds is 5. The van der Waals surface area contributed by atoms with Crippen LogP contribution in [0.3, 0.4) is 0 Å². The number of aliphatic hydroxyl groups is 1. The largest absolute Gasteiger partial charge is 0.507 e. The number of benzene rings is 2. The molecule has 1 fully saturated rings. The Morgan fingerprint density at radius 2 is 1.90 bits per heavy atom. The van der Waals surface area contributed by atoms with Crippen LogP contribution in [0.15, 0.2) is 48.0 Å². The van der Waals surface area contributed by atoms with Crippen molar-refractivity contribution >= 4 is 51.6 Å². The molecule has 4 rings (SSSR count). The molecule has 2 aromatic carbocycles. The van der Waals surface area contributed by atoms with Gasteiger partial charge in [0, 0.05) is 41.4 Å². The summed E-state index contributed by atoms with van der Waals surface area (Å²) in [6.07, 6.45) is 0. The van der Waals surface area contributed by atoms with Crippen LogP contribution in [0.5, 0.6) is 0 Å². The highest BCUT2D eigenvalue weighted by molar-refractivity contribution is 6.47. The molecular formula is C23H20Cl2N2O4. The molecule has 1 aliphatic heterocycles. The van der Waals surface area contributed by atoms with Crippen LogP contribution in [0, 0.1) is 6.92 Å². The number of para-hydroxylation sites is 1. The first-order chi connectivity index (χ1) is 14.8. The summed E-state index contributed by atoms with van der Waals surface area (Å²) in [5, 5.41) is 12.6. The van der Waals surface area contributed by atoms with Gasteiger partial charge in [-0.25, -0.2) is 0 Å². The Kier molecular flexibility index (Phi) is 5.79. The standard InChI is InChI=1S/C23H20Cl2N2O4/c1-12-18(14-5-3-4-6-17(14)26-12)20-19(22(29)23(30)27(20)9-10-31-2)21(28)13-7-8-15(24)16(25)11-13/h3-8,11,20,26,28H,9-10H2,1-2H3/b21-19+. The second kappa shape index (κ2) is 8.38. The number of methoxy groups -OCH3 is 1. The lowest BCUT2D eigenvalue weighted by atomic mass is 9.93. The van der Waals surface area contributed by atoms with Crippen LogP contribution in [-0.2, 0) is 14.3 Å². The fourth-order valence-corrected chi connectivity index (χ4v) is 4.35.